The van der Waals surface area contributed by atoms with E-state index in [2.05, 4.69) is 59.3 Å². The summed E-state index contributed by atoms with van der Waals surface area (Å²) in [6.07, 6.45) is 17.7. The molecule has 3 saturated heterocycles. The highest BCUT2D eigenvalue weighted by Crippen LogP contribution is 2.40. The number of nitrogens with one attached hydrogen (secondary N) is 1. The number of hydrogen-bond donors (Lipinski definition) is 7. The van der Waals surface area contributed by atoms with Crippen LogP contribution in [-0.2, 0) is 89.7 Å². The first kappa shape index (κ1) is 96.9. The molecule has 710 valence electrons. The van der Waals surface area contributed by atoms with Crippen LogP contribution in [0.15, 0.2) is 118 Å². The van der Waals surface area contributed by atoms with Gasteiger partial charge in [0.05, 0.1) is 79.1 Å². The number of aliphatic hydroxyl groups excluding tert-OH is 3. The fourth-order valence-electron chi connectivity index (χ4n) is 19.3. The fraction of sp³-hybridized carbons (Fsp3) is 0.573. The van der Waals surface area contributed by atoms with Crippen molar-refractivity contribution < 1.29 is 86.9 Å². The quantitative estimate of drug-likeness (QED) is 0.0117. The van der Waals surface area contributed by atoms with Gasteiger partial charge in [-0.05, 0) is 148 Å². The van der Waals surface area contributed by atoms with E-state index in [0.717, 1.165) is 39.1 Å². The Morgan fingerprint density at radius 3 is 2.27 bits per heavy atom. The molecule has 2 aromatic carbocycles. The lowest BCUT2D eigenvalue weighted by Gasteiger charge is -2.43. The number of hydrogen-bond acceptors (Lipinski definition) is 31. The van der Waals surface area contributed by atoms with Gasteiger partial charge >= 0.3 is 5.97 Å². The molecule has 1 saturated carbocycles. The molecule has 7 aliphatic rings. The van der Waals surface area contributed by atoms with Gasteiger partial charge in [0.15, 0.2) is 17.8 Å². The smallest absolute Gasteiger partial charge is 0.329 e. The fourth-order valence-corrected chi connectivity index (χ4v) is 19.3. The SMILES string of the molecule is CO[C@H]1C[C@@H]2CC[C@@H](C)[C@@](O)(O2)C(=O)C(=O)N2CCCC[C@H]2C(=O)O[C@H]([C@H](C)C[C@@H]2CC[C@@H](O)[C@H](OC)C2)C[C@@H](O)[C@H](C)/C=C(\C)[C@@H](O)[C@@H](OC)C(=NOCC(=O)N2CCc3nc(N4CCN(c5ncc(C(=O)NCCOCCC(=O)N6CCc7cc(Cn8nc(-c9ccc%10oc(N)nc%10c9)c9c(N)ncnc98)ccc7C6)cn5)CC4)ncc3C2)[C@H](C)C[C@H](C)/C=C/C=C/C=C/1C. The van der Waals surface area contributed by atoms with Crippen LogP contribution in [0, 0.1) is 35.5 Å². The number of methoxy groups -OCH3 is 3. The minimum atomic E-state index is -2.47. The third-order valence-corrected chi connectivity index (χ3v) is 27.3. The number of aliphatic hydroxyl groups is 4. The minimum absolute atomic E-state index is 0.0177. The van der Waals surface area contributed by atoms with Gasteiger partial charge in [-0.1, -0.05) is 94.4 Å². The third-order valence-electron chi connectivity index (χ3n) is 27.3. The van der Waals surface area contributed by atoms with Crippen molar-refractivity contribution in [2.75, 3.05) is 115 Å². The Bertz CT molecular complexity index is 5380. The first-order valence-electron chi connectivity index (χ1n) is 46.4. The van der Waals surface area contributed by atoms with Crippen molar-refractivity contribution in [3.8, 4) is 11.3 Å². The summed E-state index contributed by atoms with van der Waals surface area (Å²) in [6.45, 7) is 17.7. The van der Waals surface area contributed by atoms with Crippen molar-refractivity contribution in [3.63, 3.8) is 0 Å². The molecule has 9 N–H and O–H groups in total. The van der Waals surface area contributed by atoms with Crippen molar-refractivity contribution in [2.45, 2.75) is 225 Å². The molecule has 11 heterocycles. The number of carbonyl (C=O) groups excluding carboxylic acids is 6. The van der Waals surface area contributed by atoms with Gasteiger partial charge in [-0.15, -0.1) is 0 Å². The standard InChI is InChI=1S/C96H128N18O18/c1-56-16-12-11-13-17-57(2)77(125-8)46-70-24-19-62(7)96(124,132-70)87(120)91(122)113-31-15-14-18-73(113)92(123)130-78(59(4)42-63-21-25-74(115)79(44-63)126-9)47-75(116)58(3)41-61(6)85(119)86(127-10)83(60(5)40-56)108-129-54-81(118)112-33-28-71-69(53-112)50-102-95(106-71)110-36-34-109(35-37-110)94-100-48-68(49-101-94)90(121)99-30-39-128-38-29-80(117)111-32-27-65-43-64(20-22-67(65)52-111)51-114-89-82(88(97)103-55-104-89)84(107-114)66-23-26-76-72(45-66)105-93(98)131-76/h11-13,16-17,20,22-23,26,41,43,45,48-50,55-56,58-60,62-63,70,73-75,77-79,85-86,115-116,119,124H,14-15,18-19,21,24-25,27-40,42,44,46-47,51-54H2,1-10H3,(H2,98,105)(H,99,121)(H2,97,103,104)/b13-11+,16-12+,57-17+,61-41+,108-83?/t56-,58-,59-,60-,62-,63+,70+,73+,74-,75-,77+,78+,79-,85-,86+,96-/m1/s1. The van der Waals surface area contributed by atoms with E-state index in [0.29, 0.717) is 185 Å². The molecule has 4 fully saturated rings. The number of nitrogens with zero attached hydrogens (tertiary/aromatic N) is 15. The Balaban J connectivity index is 0.555. The zero-order valence-electron chi connectivity index (χ0n) is 77.3. The first-order valence-corrected chi connectivity index (χ1v) is 46.4. The number of allylic oxidation sites excluding steroid dienone is 5. The normalized spacial score (nSPS) is 28.5. The second kappa shape index (κ2) is 44.2. The van der Waals surface area contributed by atoms with Gasteiger partial charge < -0.3 is 99.4 Å². The lowest BCUT2D eigenvalue weighted by atomic mass is 9.78. The molecule has 0 spiro atoms. The molecule has 5 aromatic heterocycles. The molecule has 0 unspecified atom stereocenters. The average molecular weight is 1820 g/mol. The van der Waals surface area contributed by atoms with Crippen molar-refractivity contribution >= 4 is 87.0 Å². The second-order valence-corrected chi connectivity index (χ2v) is 36.6. The lowest BCUT2D eigenvalue weighted by molar-refractivity contribution is -0.265. The predicted octanol–water partition coefficient (Wildman–Crippen LogP) is 8.15. The molecule has 2 bridgehead atoms. The van der Waals surface area contributed by atoms with Crippen LogP contribution >= 0.6 is 0 Å². The van der Waals surface area contributed by atoms with Gasteiger partial charge in [0.1, 0.15) is 47.7 Å². The van der Waals surface area contributed by atoms with Gasteiger partial charge in [-0.25, -0.2) is 39.4 Å². The molecule has 0 radical (unpaired) electrons. The highest BCUT2D eigenvalue weighted by molar-refractivity contribution is 6.39. The number of ether oxygens (including phenoxy) is 6. The minimum Gasteiger partial charge on any atom is -0.460 e. The number of nitrogens with two attached hydrogens (primary N) is 2. The summed E-state index contributed by atoms with van der Waals surface area (Å²) in [7, 11) is 4.62. The number of fused-ring (bicyclic) bond motifs is 7. The van der Waals surface area contributed by atoms with Gasteiger partial charge in [0, 0.05) is 154 Å². The highest BCUT2D eigenvalue weighted by atomic mass is 16.6. The van der Waals surface area contributed by atoms with E-state index in [4.69, 9.17) is 64.2 Å². The molecule has 1 aliphatic carbocycles. The predicted molar refractivity (Wildman–Crippen MR) is 492 cm³/mol. The molecule has 4 amide bonds. The first-order chi connectivity index (χ1) is 63.5. The van der Waals surface area contributed by atoms with Crippen LogP contribution in [0.1, 0.15) is 170 Å². The maximum atomic E-state index is 14.8. The zero-order valence-corrected chi connectivity index (χ0v) is 77.3. The summed E-state index contributed by atoms with van der Waals surface area (Å²) in [5.74, 6) is -6.79. The van der Waals surface area contributed by atoms with Crippen LogP contribution in [0.3, 0.4) is 0 Å². The summed E-state index contributed by atoms with van der Waals surface area (Å²) in [4.78, 5) is 132. The van der Waals surface area contributed by atoms with Crippen LogP contribution in [0.2, 0.25) is 0 Å². The van der Waals surface area contributed by atoms with Crippen molar-refractivity contribution in [1.29, 1.82) is 0 Å². The number of aromatic nitrogens is 9. The molecule has 6 aliphatic heterocycles. The number of piperazine rings is 1. The van der Waals surface area contributed by atoms with E-state index >= 15 is 0 Å². The number of esters is 1. The molecular formula is C96H128N18O18. The van der Waals surface area contributed by atoms with Crippen molar-refractivity contribution in [1.82, 2.24) is 64.7 Å². The monoisotopic (exact) mass is 1820 g/mol. The Morgan fingerprint density at radius 2 is 1.49 bits per heavy atom. The number of piperidine rings is 1. The Morgan fingerprint density at radius 1 is 0.735 bits per heavy atom. The maximum absolute atomic E-state index is 14.8. The van der Waals surface area contributed by atoms with Crippen LogP contribution in [-0.4, -0.2) is 275 Å². The van der Waals surface area contributed by atoms with E-state index in [1.54, 1.807) is 58.2 Å². The van der Waals surface area contributed by atoms with Crippen LogP contribution in [0.5, 0.6) is 0 Å². The van der Waals surface area contributed by atoms with Crippen molar-refractivity contribution in [3.05, 3.63) is 142 Å². The number of oxazole rings is 1. The largest absolute Gasteiger partial charge is 0.460 e. The Labute approximate surface area is 769 Å². The average Bonchev–Trinajstić information content (AvgIpc) is 1.60. The molecule has 7 aromatic rings. The van der Waals surface area contributed by atoms with Gasteiger partial charge in [0.25, 0.3) is 29.5 Å². The maximum Gasteiger partial charge on any atom is 0.329 e. The molecule has 132 heavy (non-hydrogen) atoms. The summed E-state index contributed by atoms with van der Waals surface area (Å²) in [6, 6.07) is 10.7. The molecule has 36 heteroatoms. The number of oxime groups is 1. The van der Waals surface area contributed by atoms with Crippen LogP contribution in [0.25, 0.3) is 33.4 Å². The molecular weight excluding hydrogens is 1690 g/mol. The van der Waals surface area contributed by atoms with Crippen LogP contribution in [0.4, 0.5) is 23.7 Å². The second-order valence-electron chi connectivity index (χ2n) is 36.6. The van der Waals surface area contributed by atoms with E-state index in [1.165, 1.54) is 30.7 Å². The Hall–Kier alpha value is -11.1. The number of Topliss-reactive ketones (excluding diaryl/α,β-unsaturated/α-hetero) is 1. The number of amides is 4. The van der Waals surface area contributed by atoms with Crippen molar-refractivity contribution in [2.24, 2.45) is 40.7 Å². The van der Waals surface area contributed by atoms with Gasteiger partial charge in [-0.2, -0.15) is 10.1 Å². The molecule has 36 nitrogen and oxygen atoms in total. The third kappa shape index (κ3) is 23.2. The number of nitrogen functional groups attached to an aromatic ring is 2. The van der Waals surface area contributed by atoms with E-state index in [9.17, 15) is 49.2 Å². The number of anilines is 4. The highest BCUT2D eigenvalue weighted by Gasteiger charge is 2.53. The number of benzene rings is 2. The summed E-state index contributed by atoms with van der Waals surface area (Å²) >= 11 is 0. The molecule has 14 rings (SSSR count). The Kier molecular flexibility index (Phi) is 32.4. The summed E-state index contributed by atoms with van der Waals surface area (Å²) in [5.41, 5.74) is 22.2. The zero-order chi connectivity index (χ0) is 93.6. The number of carbonyl (C=O) groups is 6. The van der Waals surface area contributed by atoms with E-state index in [1.807, 2.05) is 83.8 Å². The summed E-state index contributed by atoms with van der Waals surface area (Å²) in [5, 5.41) is 60.7. The summed E-state index contributed by atoms with van der Waals surface area (Å²) < 4.78 is 43.6. The molecule has 16 atom stereocenters. The number of rotatable bonds is 21. The van der Waals surface area contributed by atoms with E-state index in [-0.39, 0.29) is 112 Å². The van der Waals surface area contributed by atoms with Gasteiger partial charge in [-0.3, -0.25) is 24.0 Å². The van der Waals surface area contributed by atoms with E-state index < -0.39 is 90.7 Å². The van der Waals surface area contributed by atoms with Crippen LogP contribution < -0.4 is 26.6 Å². The lowest BCUT2D eigenvalue weighted by Crippen LogP contribution is -2.61. The topological polar surface area (TPSA) is 462 Å². The number of ketones is 1. The number of cyclic esters (lactones) is 1. The van der Waals surface area contributed by atoms with Gasteiger partial charge in [0.2, 0.25) is 23.6 Å².